The molecule has 0 radical (unpaired) electrons. The summed E-state index contributed by atoms with van der Waals surface area (Å²) in [6.07, 6.45) is 0. The van der Waals surface area contributed by atoms with Crippen molar-refractivity contribution in [3.63, 3.8) is 0 Å². The molecule has 0 fully saturated rings. The first-order valence-electron chi connectivity index (χ1n) is 2.69. The van der Waals surface area contributed by atoms with Crippen LogP contribution in [0.5, 0.6) is 0 Å². The molecule has 1 atom stereocenters. The van der Waals surface area contributed by atoms with Gasteiger partial charge in [-0.15, -0.1) is 0 Å². The van der Waals surface area contributed by atoms with Crippen molar-refractivity contribution in [1.82, 2.24) is 5.06 Å². The molecule has 4 nitrogen and oxygen atoms in total. The van der Waals surface area contributed by atoms with Crippen molar-refractivity contribution >= 4 is 8.25 Å². The van der Waals surface area contributed by atoms with Gasteiger partial charge in [0.25, 0.3) is 0 Å². The predicted molar refractivity (Wildman–Crippen MR) is 35.4 cm³/mol. The van der Waals surface area contributed by atoms with E-state index in [9.17, 15) is 4.57 Å². The lowest BCUT2D eigenvalue weighted by atomic mass is 10.9. The van der Waals surface area contributed by atoms with Gasteiger partial charge in [0, 0.05) is 14.1 Å². The SMILES string of the molecule is CCO[PH](=O)ON(C)C. The smallest absolute Gasteiger partial charge is 0.310 e. The maximum absolute atomic E-state index is 10.6. The minimum Gasteiger partial charge on any atom is -0.310 e. The van der Waals surface area contributed by atoms with Crippen LogP contribution in [0.2, 0.25) is 0 Å². The molecule has 0 aliphatic rings. The molecule has 0 saturated heterocycles. The fraction of sp³-hybridized carbons (Fsp3) is 1.00. The zero-order valence-electron chi connectivity index (χ0n) is 5.88. The van der Waals surface area contributed by atoms with Crippen molar-refractivity contribution in [3.05, 3.63) is 0 Å². The minimum absolute atomic E-state index is 0.422. The Bertz CT molecular complexity index is 95.8. The number of hydrogen-bond acceptors (Lipinski definition) is 4. The van der Waals surface area contributed by atoms with Crippen molar-refractivity contribution in [1.29, 1.82) is 0 Å². The highest BCUT2D eigenvalue weighted by Crippen LogP contribution is 2.23. The van der Waals surface area contributed by atoms with E-state index >= 15 is 0 Å². The largest absolute Gasteiger partial charge is 0.335 e. The van der Waals surface area contributed by atoms with E-state index in [1.54, 1.807) is 21.0 Å². The topological polar surface area (TPSA) is 38.8 Å². The van der Waals surface area contributed by atoms with E-state index in [1.165, 1.54) is 5.06 Å². The molecule has 9 heavy (non-hydrogen) atoms. The second-order valence-electron chi connectivity index (χ2n) is 1.59. The maximum atomic E-state index is 10.6. The fourth-order valence-electron chi connectivity index (χ4n) is 0.293. The van der Waals surface area contributed by atoms with Crippen LogP contribution in [0, 0.1) is 0 Å². The van der Waals surface area contributed by atoms with Gasteiger partial charge in [0.05, 0.1) is 6.61 Å². The Morgan fingerprint density at radius 2 is 2.11 bits per heavy atom. The summed E-state index contributed by atoms with van der Waals surface area (Å²) in [5.41, 5.74) is 0. The van der Waals surface area contributed by atoms with Crippen LogP contribution in [0.15, 0.2) is 0 Å². The summed E-state index contributed by atoms with van der Waals surface area (Å²) in [6, 6.07) is 0. The third kappa shape index (κ3) is 5.99. The molecule has 0 amide bonds. The lowest BCUT2D eigenvalue weighted by Crippen LogP contribution is -2.07. The van der Waals surface area contributed by atoms with Gasteiger partial charge in [-0.25, -0.2) is 4.62 Å². The first-order chi connectivity index (χ1) is 4.16. The van der Waals surface area contributed by atoms with E-state index < -0.39 is 8.25 Å². The van der Waals surface area contributed by atoms with Crippen molar-refractivity contribution in [2.75, 3.05) is 20.7 Å². The van der Waals surface area contributed by atoms with Crippen LogP contribution in [0.4, 0.5) is 0 Å². The van der Waals surface area contributed by atoms with Gasteiger partial charge in [-0.1, -0.05) is 0 Å². The molecule has 0 bridgehead atoms. The summed E-state index contributed by atoms with van der Waals surface area (Å²) in [7, 11) is 1.04. The van der Waals surface area contributed by atoms with Gasteiger partial charge >= 0.3 is 8.25 Å². The molecule has 0 aromatic heterocycles. The molecule has 0 aliphatic heterocycles. The second kappa shape index (κ2) is 4.94. The molecule has 0 spiro atoms. The monoisotopic (exact) mass is 153 g/mol. The van der Waals surface area contributed by atoms with Gasteiger partial charge in [-0.2, -0.15) is 5.06 Å². The molecule has 0 aromatic carbocycles. The summed E-state index contributed by atoms with van der Waals surface area (Å²) in [5, 5.41) is 1.36. The Balaban J connectivity index is 3.27. The third-order valence-electron chi connectivity index (χ3n) is 0.519. The van der Waals surface area contributed by atoms with Crippen molar-refractivity contribution in [2.45, 2.75) is 6.92 Å². The van der Waals surface area contributed by atoms with Gasteiger partial charge in [0.1, 0.15) is 0 Å². The van der Waals surface area contributed by atoms with Crippen LogP contribution in [0.25, 0.3) is 0 Å². The van der Waals surface area contributed by atoms with Crippen LogP contribution in [0.3, 0.4) is 0 Å². The summed E-state index contributed by atoms with van der Waals surface area (Å²) < 4.78 is 19.8. The Kier molecular flexibility index (Phi) is 5.00. The second-order valence-corrected chi connectivity index (χ2v) is 2.56. The van der Waals surface area contributed by atoms with E-state index in [0.717, 1.165) is 0 Å². The summed E-state index contributed by atoms with van der Waals surface area (Å²) in [6.45, 7) is 2.19. The Hall–Kier alpha value is 0.110. The third-order valence-corrected chi connectivity index (χ3v) is 1.56. The van der Waals surface area contributed by atoms with Crippen molar-refractivity contribution in [3.8, 4) is 0 Å². The highest BCUT2D eigenvalue weighted by molar-refractivity contribution is 7.33. The zero-order valence-corrected chi connectivity index (χ0v) is 6.88. The summed E-state index contributed by atoms with van der Waals surface area (Å²) >= 11 is 0. The van der Waals surface area contributed by atoms with E-state index in [2.05, 4.69) is 9.15 Å². The minimum atomic E-state index is -2.26. The molecular weight excluding hydrogens is 141 g/mol. The van der Waals surface area contributed by atoms with E-state index in [-0.39, 0.29) is 0 Å². The van der Waals surface area contributed by atoms with Crippen LogP contribution >= 0.6 is 8.25 Å². The van der Waals surface area contributed by atoms with Gasteiger partial charge in [-0.05, 0) is 6.92 Å². The van der Waals surface area contributed by atoms with E-state index in [4.69, 9.17) is 0 Å². The highest BCUT2D eigenvalue weighted by atomic mass is 31.1. The lowest BCUT2D eigenvalue weighted by molar-refractivity contribution is -0.0114. The summed E-state index contributed by atoms with van der Waals surface area (Å²) in [5.74, 6) is 0. The standard InChI is InChI=1S/C4H12NO3P/c1-4-7-9(6)8-5(2)3/h9H,4H2,1-3H3. The average Bonchev–Trinajstić information content (AvgIpc) is 1.63. The average molecular weight is 153 g/mol. The Morgan fingerprint density at radius 3 is 2.44 bits per heavy atom. The molecule has 1 unspecified atom stereocenters. The lowest BCUT2D eigenvalue weighted by Gasteiger charge is -2.08. The van der Waals surface area contributed by atoms with E-state index in [0.29, 0.717) is 6.61 Å². The normalized spacial score (nSPS) is 14.2. The zero-order chi connectivity index (χ0) is 7.28. The molecule has 0 saturated carbocycles. The van der Waals surface area contributed by atoms with Crippen LogP contribution < -0.4 is 0 Å². The fourth-order valence-corrected chi connectivity index (χ4v) is 0.880. The van der Waals surface area contributed by atoms with E-state index in [1.807, 2.05) is 0 Å². The molecular formula is C4H12NO3P. The van der Waals surface area contributed by atoms with Crippen LogP contribution in [0.1, 0.15) is 6.92 Å². The molecule has 5 heteroatoms. The number of nitrogens with zero attached hydrogens (tertiary/aromatic N) is 1. The van der Waals surface area contributed by atoms with Gasteiger partial charge in [0.15, 0.2) is 0 Å². The summed E-state index contributed by atoms with van der Waals surface area (Å²) in [4.78, 5) is 0. The predicted octanol–water partition coefficient (Wildman–Crippen LogP) is 0.906. The number of rotatable bonds is 4. The molecule has 0 aromatic rings. The van der Waals surface area contributed by atoms with Crippen molar-refractivity contribution < 1.29 is 13.7 Å². The molecule has 0 aliphatic carbocycles. The quantitative estimate of drug-likeness (QED) is 0.444. The van der Waals surface area contributed by atoms with Gasteiger partial charge in [0.2, 0.25) is 0 Å². The molecule has 56 valence electrons. The van der Waals surface area contributed by atoms with Crippen LogP contribution in [-0.4, -0.2) is 25.8 Å². The van der Waals surface area contributed by atoms with Gasteiger partial charge < -0.3 is 4.52 Å². The number of hydroxylamine groups is 2. The molecule has 0 rings (SSSR count). The highest BCUT2D eigenvalue weighted by Gasteiger charge is 1.97. The first kappa shape index (κ1) is 9.11. The van der Waals surface area contributed by atoms with Crippen molar-refractivity contribution in [2.24, 2.45) is 0 Å². The van der Waals surface area contributed by atoms with Gasteiger partial charge in [-0.3, -0.25) is 4.57 Å². The number of hydrogen-bond donors (Lipinski definition) is 0. The van der Waals surface area contributed by atoms with Crippen LogP contribution in [-0.2, 0) is 13.7 Å². The Labute approximate surface area is 55.7 Å². The Morgan fingerprint density at radius 1 is 1.56 bits per heavy atom. The first-order valence-corrected chi connectivity index (χ1v) is 3.91. The maximum Gasteiger partial charge on any atom is 0.335 e. The molecule has 0 heterocycles. The molecule has 0 N–H and O–H groups in total.